The monoisotopic (exact) mass is 286 g/mol. The first-order valence-electron chi connectivity index (χ1n) is 6.59. The third-order valence-electron chi connectivity index (χ3n) is 2.31. The summed E-state index contributed by atoms with van der Waals surface area (Å²) in [6.45, 7) is 3.93. The average molecular weight is 286 g/mol. The van der Waals surface area contributed by atoms with Crippen molar-refractivity contribution < 1.29 is 28.7 Å². The van der Waals surface area contributed by atoms with Crippen LogP contribution in [0.1, 0.15) is 39.5 Å². The fourth-order valence-corrected chi connectivity index (χ4v) is 1.43. The molecule has 0 aromatic rings. The van der Waals surface area contributed by atoms with Gasteiger partial charge in [0.2, 0.25) is 0 Å². The Morgan fingerprint density at radius 3 is 1.30 bits per heavy atom. The summed E-state index contributed by atoms with van der Waals surface area (Å²) in [7, 11) is 0. The van der Waals surface area contributed by atoms with Crippen LogP contribution in [-0.2, 0) is 28.7 Å². The molecule has 0 aromatic carbocycles. The molecular weight excluding hydrogens is 264 g/mol. The van der Waals surface area contributed by atoms with Gasteiger partial charge in [0, 0.05) is 12.8 Å². The van der Waals surface area contributed by atoms with Crippen molar-refractivity contribution >= 4 is 23.1 Å². The largest absolute Gasteiger partial charge is 0.379 e. The molecule has 0 radical (unpaired) electrons. The van der Waals surface area contributed by atoms with Gasteiger partial charge in [-0.05, 0) is 13.8 Å². The van der Waals surface area contributed by atoms with E-state index in [4.69, 9.17) is 9.47 Å². The number of Topliss-reactive ketones (excluding diaryl/α,β-unsaturated/α-hetero) is 4. The van der Waals surface area contributed by atoms with Crippen LogP contribution in [0.4, 0.5) is 0 Å². The zero-order valence-electron chi connectivity index (χ0n) is 12.1. The normalized spacial score (nSPS) is 10.3. The number of hydrogen-bond acceptors (Lipinski definition) is 6. The van der Waals surface area contributed by atoms with E-state index < -0.39 is 0 Å². The fourth-order valence-electron chi connectivity index (χ4n) is 1.43. The van der Waals surface area contributed by atoms with Gasteiger partial charge in [0.15, 0.2) is 0 Å². The van der Waals surface area contributed by atoms with Gasteiger partial charge in [0.1, 0.15) is 23.1 Å². The van der Waals surface area contributed by atoms with E-state index in [9.17, 15) is 19.2 Å². The summed E-state index contributed by atoms with van der Waals surface area (Å²) in [6, 6.07) is 0. The number of hydrogen-bond donors (Lipinski definition) is 0. The van der Waals surface area contributed by atoms with Crippen molar-refractivity contribution in [3.8, 4) is 0 Å². The standard InChI is InChI=1S/C14H22O6/c1-11(15)9-13(17)3-5-19-7-8-20-6-4-14(18)10-12(2)16/h3-10H2,1-2H3. The van der Waals surface area contributed by atoms with Crippen molar-refractivity contribution in [3.05, 3.63) is 0 Å². The molecule has 0 aliphatic rings. The Morgan fingerprint density at radius 1 is 0.650 bits per heavy atom. The molecule has 0 aromatic heterocycles. The SMILES string of the molecule is CC(=O)CC(=O)CCOCCOCCC(=O)CC(C)=O. The lowest BCUT2D eigenvalue weighted by molar-refractivity contribution is -0.128. The number of carbonyl (C=O) groups is 4. The molecule has 0 bridgehead atoms. The molecule has 6 heteroatoms. The van der Waals surface area contributed by atoms with Crippen LogP contribution < -0.4 is 0 Å². The minimum atomic E-state index is -0.145. The number of ether oxygens (including phenoxy) is 2. The van der Waals surface area contributed by atoms with Gasteiger partial charge >= 0.3 is 0 Å². The molecule has 0 heterocycles. The van der Waals surface area contributed by atoms with Gasteiger partial charge in [-0.15, -0.1) is 0 Å². The van der Waals surface area contributed by atoms with Gasteiger partial charge in [-0.1, -0.05) is 0 Å². The van der Waals surface area contributed by atoms with Gasteiger partial charge in [-0.3, -0.25) is 19.2 Å². The second kappa shape index (κ2) is 11.4. The lowest BCUT2D eigenvalue weighted by Crippen LogP contribution is -2.12. The lowest BCUT2D eigenvalue weighted by Gasteiger charge is -2.05. The van der Waals surface area contributed by atoms with E-state index in [2.05, 4.69) is 0 Å². The van der Waals surface area contributed by atoms with Crippen LogP contribution in [0.2, 0.25) is 0 Å². The summed E-state index contributed by atoms with van der Waals surface area (Å²) in [5.74, 6) is -0.552. The van der Waals surface area contributed by atoms with Crippen LogP contribution in [0.5, 0.6) is 0 Å². The summed E-state index contributed by atoms with van der Waals surface area (Å²) in [6.07, 6.45) is 0.351. The molecule has 0 aliphatic heterocycles. The highest BCUT2D eigenvalue weighted by Crippen LogP contribution is 1.94. The number of rotatable bonds is 13. The lowest BCUT2D eigenvalue weighted by atomic mass is 10.2. The molecule has 0 N–H and O–H groups in total. The Morgan fingerprint density at radius 2 is 1.00 bits per heavy atom. The highest BCUT2D eigenvalue weighted by atomic mass is 16.5. The summed E-state index contributed by atoms with van der Waals surface area (Å²) in [5.41, 5.74) is 0. The molecule has 0 saturated carbocycles. The van der Waals surface area contributed by atoms with Crippen molar-refractivity contribution in [3.63, 3.8) is 0 Å². The number of ketones is 4. The Balaban J connectivity index is 3.33. The second-order valence-corrected chi connectivity index (χ2v) is 4.56. The second-order valence-electron chi connectivity index (χ2n) is 4.56. The van der Waals surface area contributed by atoms with Crippen LogP contribution in [0, 0.1) is 0 Å². The predicted octanol–water partition coefficient (Wildman–Crippen LogP) is 0.896. The molecule has 0 amide bonds. The van der Waals surface area contributed by atoms with Crippen molar-refractivity contribution in [1.29, 1.82) is 0 Å². The summed E-state index contributed by atoms with van der Waals surface area (Å²) >= 11 is 0. The highest BCUT2D eigenvalue weighted by Gasteiger charge is 2.06. The Bertz CT molecular complexity index is 314. The zero-order valence-corrected chi connectivity index (χ0v) is 12.1. The summed E-state index contributed by atoms with van der Waals surface area (Å²) < 4.78 is 10.3. The first kappa shape index (κ1) is 18.6. The minimum Gasteiger partial charge on any atom is -0.379 e. The summed E-state index contributed by atoms with van der Waals surface area (Å²) in [5, 5.41) is 0. The van der Waals surface area contributed by atoms with E-state index >= 15 is 0 Å². The van der Waals surface area contributed by atoms with E-state index in [-0.39, 0.29) is 62.0 Å². The molecular formula is C14H22O6. The molecule has 20 heavy (non-hydrogen) atoms. The van der Waals surface area contributed by atoms with E-state index in [0.717, 1.165) is 0 Å². The third-order valence-corrected chi connectivity index (χ3v) is 2.31. The topological polar surface area (TPSA) is 86.7 Å². The molecule has 0 rings (SSSR count). The summed E-state index contributed by atoms with van der Waals surface area (Å²) in [4.78, 5) is 43.6. The minimum absolute atomic E-state index is 0.0435. The van der Waals surface area contributed by atoms with Gasteiger partial charge in [0.05, 0.1) is 39.3 Å². The van der Waals surface area contributed by atoms with Crippen molar-refractivity contribution in [1.82, 2.24) is 0 Å². The number of carbonyl (C=O) groups excluding carboxylic acids is 4. The quantitative estimate of drug-likeness (QED) is 0.369. The van der Waals surface area contributed by atoms with E-state index in [1.54, 1.807) is 0 Å². The van der Waals surface area contributed by atoms with Crippen LogP contribution in [0.15, 0.2) is 0 Å². The zero-order chi connectivity index (χ0) is 15.4. The van der Waals surface area contributed by atoms with Crippen molar-refractivity contribution in [2.45, 2.75) is 39.5 Å². The molecule has 114 valence electrons. The molecule has 0 aliphatic carbocycles. The smallest absolute Gasteiger partial charge is 0.142 e. The first-order valence-corrected chi connectivity index (χ1v) is 6.59. The van der Waals surface area contributed by atoms with E-state index in [1.807, 2.05) is 0 Å². The highest BCUT2D eigenvalue weighted by molar-refractivity contribution is 5.98. The van der Waals surface area contributed by atoms with Crippen molar-refractivity contribution in [2.75, 3.05) is 26.4 Å². The molecule has 0 atom stereocenters. The first-order chi connectivity index (χ1) is 9.41. The molecule has 0 unspecified atom stereocenters. The van der Waals surface area contributed by atoms with Gasteiger partial charge in [0.25, 0.3) is 0 Å². The van der Waals surface area contributed by atoms with Crippen LogP contribution in [-0.4, -0.2) is 49.6 Å². The molecule has 0 saturated heterocycles. The predicted molar refractivity (Wildman–Crippen MR) is 71.5 cm³/mol. The van der Waals surface area contributed by atoms with Gasteiger partial charge < -0.3 is 9.47 Å². The molecule has 6 nitrogen and oxygen atoms in total. The van der Waals surface area contributed by atoms with Gasteiger partial charge in [-0.25, -0.2) is 0 Å². The van der Waals surface area contributed by atoms with Crippen LogP contribution >= 0.6 is 0 Å². The Labute approximate surface area is 118 Å². The fraction of sp³-hybridized carbons (Fsp3) is 0.714. The maximum absolute atomic E-state index is 11.2. The third kappa shape index (κ3) is 13.0. The Kier molecular flexibility index (Phi) is 10.6. The van der Waals surface area contributed by atoms with Crippen LogP contribution in [0.25, 0.3) is 0 Å². The van der Waals surface area contributed by atoms with Crippen LogP contribution in [0.3, 0.4) is 0 Å². The van der Waals surface area contributed by atoms with Crippen molar-refractivity contribution in [2.24, 2.45) is 0 Å². The maximum atomic E-state index is 11.2. The van der Waals surface area contributed by atoms with Gasteiger partial charge in [-0.2, -0.15) is 0 Å². The Hall–Kier alpha value is -1.40. The average Bonchev–Trinajstić information content (AvgIpc) is 2.30. The maximum Gasteiger partial charge on any atom is 0.142 e. The van der Waals surface area contributed by atoms with E-state index in [0.29, 0.717) is 13.2 Å². The van der Waals surface area contributed by atoms with E-state index in [1.165, 1.54) is 13.8 Å². The molecule has 0 fully saturated rings. The molecule has 0 spiro atoms.